The van der Waals surface area contributed by atoms with Gasteiger partial charge in [-0.05, 0) is 11.6 Å². The summed E-state index contributed by atoms with van der Waals surface area (Å²) >= 11 is 0. The van der Waals surface area contributed by atoms with Crippen molar-refractivity contribution in [2.75, 3.05) is 0 Å². The predicted octanol–water partition coefficient (Wildman–Crippen LogP) is -6.73. The summed E-state index contributed by atoms with van der Waals surface area (Å²) in [6, 6.07) is 8.42. The summed E-state index contributed by atoms with van der Waals surface area (Å²) in [5.41, 5.74) is 0.466. The van der Waals surface area contributed by atoms with Crippen LogP contribution in [0.5, 0.6) is 0 Å². The van der Waals surface area contributed by atoms with Gasteiger partial charge in [0.2, 0.25) is 5.78 Å². The van der Waals surface area contributed by atoms with Gasteiger partial charge in [-0.2, -0.15) is 0 Å². The van der Waals surface area contributed by atoms with Crippen molar-refractivity contribution in [1.82, 2.24) is 0 Å². The van der Waals surface area contributed by atoms with Crippen molar-refractivity contribution in [3.63, 3.8) is 0 Å². The van der Waals surface area contributed by atoms with Crippen LogP contribution in [-0.2, 0) is 9.59 Å². The van der Waals surface area contributed by atoms with Gasteiger partial charge in [0.15, 0.2) is 0 Å². The number of aliphatic carboxylic acids is 1. The molecule has 0 N–H and O–H groups in total. The Balaban J connectivity index is 0. The zero-order valence-electron chi connectivity index (χ0n) is 10.3. The van der Waals surface area contributed by atoms with E-state index in [1.807, 2.05) is 0 Å². The van der Waals surface area contributed by atoms with Gasteiger partial charge in [-0.15, -0.1) is 5.76 Å². The number of carboxylic acids is 1. The number of carbonyl (C=O) groups excluding carboxylic acids is 2. The number of rotatable bonds is 4. The van der Waals surface area contributed by atoms with E-state index in [0.717, 1.165) is 18.2 Å². The average Bonchev–Trinajstić information content (AvgIpc) is 2.29. The molecule has 0 aliphatic heterocycles. The Morgan fingerprint density at radius 3 is 2.06 bits per heavy atom. The van der Waals surface area contributed by atoms with Crippen molar-refractivity contribution in [1.29, 1.82) is 0 Å². The molecule has 0 atom stereocenters. The Hall–Kier alpha value is -0.360. The minimum atomic E-state index is -1.79. The molecule has 0 heterocycles. The Morgan fingerprint density at radius 2 is 1.56 bits per heavy atom. The average molecular weight is 262 g/mol. The zero-order chi connectivity index (χ0) is 12.0. The molecule has 4 nitrogen and oxygen atoms in total. The minimum Gasteiger partial charge on any atom is -0.872 e. The summed E-state index contributed by atoms with van der Waals surface area (Å²) in [6.45, 7) is 0. The number of hydrogen-bond donors (Lipinski definition) is 0. The van der Waals surface area contributed by atoms with E-state index in [1.165, 1.54) is 0 Å². The molecule has 0 radical (unpaired) electrons. The fourth-order valence-corrected chi connectivity index (χ4v) is 0.990. The molecule has 0 spiro atoms. The molecule has 1 rings (SSSR count). The number of ketones is 1. The SMILES string of the molecule is O=C([O-])C(=O)/C=C/C=C(\[O-])c1ccccc1.[Na+].[Na+]. The second kappa shape index (κ2) is 10.6. The molecular weight excluding hydrogens is 254 g/mol. The number of carbonyl (C=O) groups is 2. The van der Waals surface area contributed by atoms with Crippen LogP contribution in [0.15, 0.2) is 48.6 Å². The second-order valence-electron chi connectivity index (χ2n) is 2.91. The van der Waals surface area contributed by atoms with E-state index in [-0.39, 0.29) is 64.9 Å². The summed E-state index contributed by atoms with van der Waals surface area (Å²) in [6.07, 6.45) is 2.99. The van der Waals surface area contributed by atoms with E-state index in [1.54, 1.807) is 30.3 Å². The second-order valence-corrected chi connectivity index (χ2v) is 2.91. The molecule has 0 unspecified atom stereocenters. The molecule has 0 bridgehead atoms. The third-order valence-electron chi connectivity index (χ3n) is 1.75. The molecule has 0 aromatic heterocycles. The van der Waals surface area contributed by atoms with Crippen molar-refractivity contribution >= 4 is 17.5 Å². The van der Waals surface area contributed by atoms with Crippen LogP contribution in [0.1, 0.15) is 5.56 Å². The molecule has 6 heteroatoms. The molecule has 0 amide bonds. The monoisotopic (exact) mass is 262 g/mol. The van der Waals surface area contributed by atoms with Gasteiger partial charge in [-0.25, -0.2) is 0 Å². The third kappa shape index (κ3) is 7.16. The molecular formula is C12H8Na2O4. The first-order valence-electron chi connectivity index (χ1n) is 4.47. The van der Waals surface area contributed by atoms with Crippen molar-refractivity contribution in [2.45, 2.75) is 0 Å². The van der Waals surface area contributed by atoms with Crippen LogP contribution >= 0.6 is 0 Å². The van der Waals surface area contributed by atoms with E-state index in [0.29, 0.717) is 5.56 Å². The molecule has 1 aromatic rings. The fourth-order valence-electron chi connectivity index (χ4n) is 0.990. The Kier molecular flexibility index (Phi) is 11.7. The van der Waals surface area contributed by atoms with Crippen LogP contribution in [0, 0.1) is 0 Å². The predicted molar refractivity (Wildman–Crippen MR) is 53.6 cm³/mol. The summed E-state index contributed by atoms with van der Waals surface area (Å²) < 4.78 is 0. The first-order valence-corrected chi connectivity index (χ1v) is 4.47. The first-order chi connectivity index (χ1) is 7.61. The first kappa shape index (κ1) is 20.0. The van der Waals surface area contributed by atoms with E-state index in [4.69, 9.17) is 0 Å². The summed E-state index contributed by atoms with van der Waals surface area (Å²) in [7, 11) is 0. The summed E-state index contributed by atoms with van der Waals surface area (Å²) in [5.74, 6) is -3.27. The molecule has 0 fully saturated rings. The molecule has 0 aliphatic carbocycles. The smallest absolute Gasteiger partial charge is 0.872 e. The standard InChI is InChI=1S/C12H10O4.2Na/c13-10(9-5-2-1-3-6-9)7-4-8-11(14)12(15)16;;/h1-8,13H,(H,15,16);;/q;2*+1/p-2/b8-4+,10-7-;;. The van der Waals surface area contributed by atoms with Gasteiger partial charge in [0.05, 0.1) is 0 Å². The Bertz CT molecular complexity index is 452. The maximum absolute atomic E-state index is 11.4. The summed E-state index contributed by atoms with van der Waals surface area (Å²) in [4.78, 5) is 20.6. The molecule has 1 aromatic carbocycles. The van der Waals surface area contributed by atoms with E-state index in [9.17, 15) is 19.8 Å². The van der Waals surface area contributed by atoms with Crippen molar-refractivity contribution in [2.24, 2.45) is 0 Å². The minimum absolute atomic E-state index is 0. The number of carboxylic acid groups (broad SMARTS) is 1. The van der Waals surface area contributed by atoms with Gasteiger partial charge in [0, 0.05) is 0 Å². The Labute approximate surface area is 149 Å². The van der Waals surface area contributed by atoms with Crippen molar-refractivity contribution < 1.29 is 78.9 Å². The maximum atomic E-state index is 11.4. The fraction of sp³-hybridized carbons (Fsp3) is 0. The third-order valence-corrected chi connectivity index (χ3v) is 1.75. The molecule has 82 valence electrons. The molecule has 18 heavy (non-hydrogen) atoms. The van der Waals surface area contributed by atoms with Crippen LogP contribution < -0.4 is 69.3 Å². The van der Waals surface area contributed by atoms with Crippen LogP contribution in [0.2, 0.25) is 0 Å². The van der Waals surface area contributed by atoms with E-state index in [2.05, 4.69) is 0 Å². The van der Waals surface area contributed by atoms with Gasteiger partial charge in [0.1, 0.15) is 5.97 Å². The number of allylic oxidation sites excluding steroid dienone is 2. The van der Waals surface area contributed by atoms with Gasteiger partial charge in [-0.3, -0.25) is 4.79 Å². The van der Waals surface area contributed by atoms with Gasteiger partial charge in [0.25, 0.3) is 0 Å². The Morgan fingerprint density at radius 1 is 1.00 bits per heavy atom. The number of benzene rings is 1. The summed E-state index contributed by atoms with van der Waals surface area (Å²) in [5, 5.41) is 21.4. The maximum Gasteiger partial charge on any atom is 1.00 e. The van der Waals surface area contributed by atoms with Gasteiger partial charge < -0.3 is 15.0 Å². The van der Waals surface area contributed by atoms with Crippen molar-refractivity contribution in [3.05, 3.63) is 54.1 Å². The van der Waals surface area contributed by atoms with Crippen LogP contribution in [0.3, 0.4) is 0 Å². The molecule has 0 saturated carbocycles. The van der Waals surface area contributed by atoms with Gasteiger partial charge >= 0.3 is 59.1 Å². The zero-order valence-corrected chi connectivity index (χ0v) is 14.3. The molecule has 0 aliphatic rings. The topological polar surface area (TPSA) is 80.3 Å². The normalized spacial score (nSPS) is 10.3. The molecule has 0 saturated heterocycles. The van der Waals surface area contributed by atoms with Crippen LogP contribution in [-0.4, -0.2) is 11.8 Å². The number of hydrogen-bond acceptors (Lipinski definition) is 4. The largest absolute Gasteiger partial charge is 1.00 e. The van der Waals surface area contributed by atoms with E-state index < -0.39 is 11.8 Å². The van der Waals surface area contributed by atoms with E-state index >= 15 is 0 Å². The van der Waals surface area contributed by atoms with Crippen molar-refractivity contribution in [3.8, 4) is 0 Å². The van der Waals surface area contributed by atoms with Crippen LogP contribution in [0.25, 0.3) is 5.76 Å². The van der Waals surface area contributed by atoms with Crippen LogP contribution in [0.4, 0.5) is 0 Å². The quantitative estimate of drug-likeness (QED) is 0.178. The van der Waals surface area contributed by atoms with Gasteiger partial charge in [-0.1, -0.05) is 42.5 Å².